The minimum absolute atomic E-state index is 0. The van der Waals surface area contributed by atoms with Crippen LogP contribution in [0.15, 0.2) is 42.6 Å². The predicted molar refractivity (Wildman–Crippen MR) is 120 cm³/mol. The molecule has 30 heavy (non-hydrogen) atoms. The monoisotopic (exact) mass is 450 g/mol. The molecule has 4 N–H and O–H groups in total. The lowest BCUT2D eigenvalue weighted by atomic mass is 9.88. The van der Waals surface area contributed by atoms with Gasteiger partial charge < -0.3 is 10.6 Å². The second-order valence-electron chi connectivity index (χ2n) is 6.90. The zero-order chi connectivity index (χ0) is 20.6. The first kappa shape index (κ1) is 23.7. The number of rotatable bonds is 6. The number of nitrogens with one attached hydrogen (secondary N) is 3. The molecule has 0 saturated heterocycles. The van der Waals surface area contributed by atoms with Crippen LogP contribution < -0.4 is 16.1 Å². The van der Waals surface area contributed by atoms with Crippen molar-refractivity contribution in [2.75, 3.05) is 10.6 Å². The van der Waals surface area contributed by atoms with Crippen molar-refractivity contribution in [3.05, 3.63) is 53.2 Å². The zero-order valence-electron chi connectivity index (χ0n) is 16.2. The van der Waals surface area contributed by atoms with E-state index in [2.05, 4.69) is 15.6 Å². The van der Waals surface area contributed by atoms with Gasteiger partial charge in [-0.1, -0.05) is 43.0 Å². The predicted octanol–water partition coefficient (Wildman–Crippen LogP) is 4.94. The Morgan fingerprint density at radius 3 is 2.50 bits per heavy atom. The maximum atomic E-state index is 12.6. The average Bonchev–Trinajstić information content (AvgIpc) is 2.75. The molecule has 0 atom stereocenters. The van der Waals surface area contributed by atoms with Gasteiger partial charge in [0, 0.05) is 18.2 Å². The highest BCUT2D eigenvalue weighted by atomic mass is 35.5. The highest BCUT2D eigenvalue weighted by Gasteiger charge is 2.21. The summed E-state index contributed by atoms with van der Waals surface area (Å²) >= 11 is 6.31. The van der Waals surface area contributed by atoms with Crippen LogP contribution in [0.25, 0.3) is 6.08 Å². The molecule has 0 radical (unpaired) electrons. The van der Waals surface area contributed by atoms with E-state index < -0.39 is 5.91 Å². The Labute approximate surface area is 186 Å². The minimum atomic E-state index is -0.647. The first-order valence-electron chi connectivity index (χ1n) is 9.51. The molecule has 0 bridgehead atoms. The molecule has 7 nitrogen and oxygen atoms in total. The number of hydroxylamine groups is 1. The van der Waals surface area contributed by atoms with Crippen molar-refractivity contribution < 1.29 is 14.8 Å². The summed E-state index contributed by atoms with van der Waals surface area (Å²) in [6, 6.07) is 9.03. The molecule has 3 rings (SSSR count). The molecule has 2 aromatic rings. The number of carbonyl (C=O) groups excluding carboxylic acids is 2. The van der Waals surface area contributed by atoms with E-state index in [-0.39, 0.29) is 24.2 Å². The molecule has 1 saturated carbocycles. The van der Waals surface area contributed by atoms with Crippen molar-refractivity contribution in [3.63, 3.8) is 0 Å². The van der Waals surface area contributed by atoms with Gasteiger partial charge in [0.2, 0.25) is 5.91 Å². The van der Waals surface area contributed by atoms with E-state index in [9.17, 15) is 9.59 Å². The molecule has 1 fully saturated rings. The third-order valence-corrected chi connectivity index (χ3v) is 5.10. The van der Waals surface area contributed by atoms with Gasteiger partial charge in [-0.3, -0.25) is 14.8 Å². The summed E-state index contributed by atoms with van der Waals surface area (Å²) in [5.74, 6) is -0.123. The molecule has 0 unspecified atom stereocenters. The standard InChI is InChI=1S/C21H23ClN4O3.ClH/c22-16-12-14(10-11-19(27)26-29)13-23-20(16)24-17-8-4-5-9-18(17)25-21(28)15-6-2-1-3-7-15;/h4-5,8-13,15,29H,1-3,6-7H2,(H,23,24)(H,25,28)(H,26,27);1H/b11-10+;. The normalized spacial score (nSPS) is 14.1. The molecular formula is C21H24Cl2N4O3. The summed E-state index contributed by atoms with van der Waals surface area (Å²) in [7, 11) is 0. The molecule has 160 valence electrons. The van der Waals surface area contributed by atoms with Crippen LogP contribution in [0.2, 0.25) is 5.02 Å². The maximum Gasteiger partial charge on any atom is 0.267 e. The zero-order valence-corrected chi connectivity index (χ0v) is 17.8. The number of anilines is 3. The van der Waals surface area contributed by atoms with Crippen molar-refractivity contribution in [2.45, 2.75) is 32.1 Å². The summed E-state index contributed by atoms with van der Waals surface area (Å²) < 4.78 is 0. The van der Waals surface area contributed by atoms with E-state index >= 15 is 0 Å². The smallest absolute Gasteiger partial charge is 0.267 e. The van der Waals surface area contributed by atoms with E-state index in [1.807, 2.05) is 24.3 Å². The number of para-hydroxylation sites is 2. The Hall–Kier alpha value is -2.61. The van der Waals surface area contributed by atoms with Crippen LogP contribution in [0.5, 0.6) is 0 Å². The summed E-state index contributed by atoms with van der Waals surface area (Å²) in [5, 5.41) is 15.0. The number of pyridine rings is 1. The summed E-state index contributed by atoms with van der Waals surface area (Å²) in [5.41, 5.74) is 3.47. The van der Waals surface area contributed by atoms with Gasteiger partial charge in [-0.2, -0.15) is 0 Å². The number of carbonyl (C=O) groups is 2. The maximum absolute atomic E-state index is 12.6. The molecule has 1 aromatic carbocycles. The molecule has 2 amide bonds. The lowest BCUT2D eigenvalue weighted by molar-refractivity contribution is -0.124. The third-order valence-electron chi connectivity index (χ3n) is 4.81. The van der Waals surface area contributed by atoms with Crippen LogP contribution >= 0.6 is 24.0 Å². The first-order valence-corrected chi connectivity index (χ1v) is 9.89. The molecule has 0 spiro atoms. The molecule has 9 heteroatoms. The second kappa shape index (κ2) is 11.5. The number of benzene rings is 1. The van der Waals surface area contributed by atoms with Crippen LogP contribution in [0, 0.1) is 5.92 Å². The lowest BCUT2D eigenvalue weighted by Crippen LogP contribution is -2.25. The highest BCUT2D eigenvalue weighted by molar-refractivity contribution is 6.33. The molecule has 1 aliphatic rings. The number of hydrogen-bond acceptors (Lipinski definition) is 5. The fourth-order valence-corrected chi connectivity index (χ4v) is 3.50. The topological polar surface area (TPSA) is 103 Å². The largest absolute Gasteiger partial charge is 0.337 e. The van der Waals surface area contributed by atoms with E-state index in [1.54, 1.807) is 12.3 Å². The number of amides is 2. The van der Waals surface area contributed by atoms with Crippen LogP contribution in [0.1, 0.15) is 37.7 Å². The number of aromatic nitrogens is 1. The number of hydrogen-bond donors (Lipinski definition) is 4. The van der Waals surface area contributed by atoms with Crippen molar-refractivity contribution in [3.8, 4) is 0 Å². The first-order chi connectivity index (χ1) is 14.1. The SMILES string of the molecule is Cl.O=C(/C=C/c1cnc(Nc2ccccc2NC(=O)C2CCCCC2)c(Cl)c1)NO. The number of nitrogens with zero attached hydrogens (tertiary/aromatic N) is 1. The van der Waals surface area contributed by atoms with E-state index in [4.69, 9.17) is 16.8 Å². The lowest BCUT2D eigenvalue weighted by Gasteiger charge is -2.21. The molecule has 1 aliphatic carbocycles. The fraction of sp³-hybridized carbons (Fsp3) is 0.286. The molecule has 1 heterocycles. The van der Waals surface area contributed by atoms with Gasteiger partial charge in [0.1, 0.15) is 5.82 Å². The van der Waals surface area contributed by atoms with Gasteiger partial charge in [-0.25, -0.2) is 10.5 Å². The van der Waals surface area contributed by atoms with Crippen molar-refractivity contribution in [2.24, 2.45) is 5.92 Å². The quantitative estimate of drug-likeness (QED) is 0.283. The minimum Gasteiger partial charge on any atom is -0.337 e. The van der Waals surface area contributed by atoms with Crippen molar-refractivity contribution >= 4 is 59.1 Å². The van der Waals surface area contributed by atoms with Gasteiger partial charge in [-0.05, 0) is 42.7 Å². The molecule has 0 aliphatic heterocycles. The second-order valence-corrected chi connectivity index (χ2v) is 7.31. The van der Waals surface area contributed by atoms with Gasteiger partial charge in [0.25, 0.3) is 5.91 Å². The van der Waals surface area contributed by atoms with Gasteiger partial charge in [-0.15, -0.1) is 12.4 Å². The Kier molecular flexibility index (Phi) is 9.11. The van der Waals surface area contributed by atoms with Gasteiger partial charge in [0.15, 0.2) is 0 Å². The Morgan fingerprint density at radius 2 is 1.83 bits per heavy atom. The molecular weight excluding hydrogens is 427 g/mol. The van der Waals surface area contributed by atoms with Gasteiger partial charge in [0.05, 0.1) is 16.4 Å². The van der Waals surface area contributed by atoms with E-state index in [0.29, 0.717) is 27.8 Å². The molecule has 1 aromatic heterocycles. The summed E-state index contributed by atoms with van der Waals surface area (Å²) in [6.45, 7) is 0. The van der Waals surface area contributed by atoms with Crippen molar-refractivity contribution in [1.82, 2.24) is 10.5 Å². The fourth-order valence-electron chi connectivity index (χ4n) is 3.27. The third kappa shape index (κ3) is 6.45. The van der Waals surface area contributed by atoms with E-state index in [0.717, 1.165) is 31.8 Å². The number of halogens is 2. The Morgan fingerprint density at radius 1 is 1.13 bits per heavy atom. The van der Waals surface area contributed by atoms with Crippen LogP contribution in [0.3, 0.4) is 0 Å². The highest BCUT2D eigenvalue weighted by Crippen LogP contribution is 2.30. The Balaban J connectivity index is 0.00000320. The summed E-state index contributed by atoms with van der Waals surface area (Å²) in [6.07, 6.45) is 9.43. The Bertz CT molecular complexity index is 915. The van der Waals surface area contributed by atoms with Crippen LogP contribution in [0.4, 0.5) is 17.2 Å². The van der Waals surface area contributed by atoms with Gasteiger partial charge >= 0.3 is 0 Å². The van der Waals surface area contributed by atoms with Crippen molar-refractivity contribution in [1.29, 1.82) is 0 Å². The van der Waals surface area contributed by atoms with Crippen LogP contribution in [-0.4, -0.2) is 22.0 Å². The van der Waals surface area contributed by atoms with E-state index in [1.165, 1.54) is 18.0 Å². The average molecular weight is 451 g/mol. The van der Waals surface area contributed by atoms with Crippen LogP contribution in [-0.2, 0) is 9.59 Å². The summed E-state index contributed by atoms with van der Waals surface area (Å²) in [4.78, 5) is 28.0.